The Bertz CT molecular complexity index is 786. The number of nitrogens with zero attached hydrogens (tertiary/aromatic N) is 5. The summed E-state index contributed by atoms with van der Waals surface area (Å²) in [6.45, 7) is 0. The minimum Gasteiger partial charge on any atom is -0.259 e. The maximum atomic E-state index is 13.1. The Labute approximate surface area is 114 Å². The van der Waals surface area contributed by atoms with Crippen molar-refractivity contribution in [3.63, 3.8) is 0 Å². The fourth-order valence-corrected chi connectivity index (χ4v) is 1.76. The van der Waals surface area contributed by atoms with Gasteiger partial charge in [0.2, 0.25) is 0 Å². The quantitative estimate of drug-likeness (QED) is 0.713. The summed E-state index contributed by atoms with van der Waals surface area (Å²) in [4.78, 5) is 7.77. The Morgan fingerprint density at radius 3 is 2.75 bits per heavy atom. The van der Waals surface area contributed by atoms with Crippen LogP contribution in [-0.2, 0) is 0 Å². The van der Waals surface area contributed by atoms with Gasteiger partial charge in [0.1, 0.15) is 17.6 Å². The molecule has 3 aromatic heterocycles. The number of hydrogen-bond acceptors (Lipinski definition) is 4. The van der Waals surface area contributed by atoms with E-state index < -0.39 is 5.82 Å². The SMILES string of the molecule is N#Cc1ccc(-c2ccn(-c3cncc(F)c3)n2)cn1. The van der Waals surface area contributed by atoms with E-state index in [2.05, 4.69) is 15.1 Å². The molecule has 3 rings (SSSR count). The standard InChI is InChI=1S/C14H8FN5/c15-11-5-13(9-17-8-11)20-4-3-14(19-20)10-1-2-12(6-16)18-7-10/h1-5,7-9H. The smallest absolute Gasteiger partial charge is 0.143 e. The first-order chi connectivity index (χ1) is 9.76. The summed E-state index contributed by atoms with van der Waals surface area (Å²) in [5, 5.41) is 13.0. The van der Waals surface area contributed by atoms with Crippen LogP contribution in [0.1, 0.15) is 5.69 Å². The van der Waals surface area contributed by atoms with Gasteiger partial charge >= 0.3 is 0 Å². The maximum absolute atomic E-state index is 13.1. The van der Waals surface area contributed by atoms with E-state index in [9.17, 15) is 4.39 Å². The first-order valence-corrected chi connectivity index (χ1v) is 5.79. The van der Waals surface area contributed by atoms with Gasteiger partial charge in [-0.2, -0.15) is 10.4 Å². The summed E-state index contributed by atoms with van der Waals surface area (Å²) in [6, 6.07) is 8.48. The molecule has 6 heteroatoms. The van der Waals surface area contributed by atoms with Crippen LogP contribution in [0.15, 0.2) is 49.1 Å². The van der Waals surface area contributed by atoms with Crippen molar-refractivity contribution in [2.45, 2.75) is 0 Å². The zero-order chi connectivity index (χ0) is 13.9. The highest BCUT2D eigenvalue weighted by Gasteiger charge is 2.05. The van der Waals surface area contributed by atoms with Gasteiger partial charge in [-0.15, -0.1) is 0 Å². The van der Waals surface area contributed by atoms with E-state index in [0.717, 1.165) is 11.8 Å². The Balaban J connectivity index is 1.95. The molecule has 0 N–H and O–H groups in total. The van der Waals surface area contributed by atoms with Crippen LogP contribution in [-0.4, -0.2) is 19.7 Å². The summed E-state index contributed by atoms with van der Waals surface area (Å²) in [5.41, 5.74) is 2.36. The van der Waals surface area contributed by atoms with Crippen molar-refractivity contribution in [1.82, 2.24) is 19.7 Å². The van der Waals surface area contributed by atoms with E-state index in [0.29, 0.717) is 17.1 Å². The molecule has 0 unspecified atom stereocenters. The van der Waals surface area contributed by atoms with Crippen molar-refractivity contribution >= 4 is 0 Å². The number of halogens is 1. The van der Waals surface area contributed by atoms with Crippen molar-refractivity contribution in [3.05, 3.63) is 60.6 Å². The van der Waals surface area contributed by atoms with Crippen LogP contribution < -0.4 is 0 Å². The molecule has 20 heavy (non-hydrogen) atoms. The molecule has 0 saturated heterocycles. The van der Waals surface area contributed by atoms with E-state index in [4.69, 9.17) is 5.26 Å². The number of hydrogen-bond donors (Lipinski definition) is 0. The van der Waals surface area contributed by atoms with Crippen LogP contribution >= 0.6 is 0 Å². The third-order valence-corrected chi connectivity index (χ3v) is 2.72. The zero-order valence-electron chi connectivity index (χ0n) is 10.2. The molecule has 3 heterocycles. The zero-order valence-corrected chi connectivity index (χ0v) is 10.2. The summed E-state index contributed by atoms with van der Waals surface area (Å²) in [7, 11) is 0. The van der Waals surface area contributed by atoms with Gasteiger partial charge in [-0.3, -0.25) is 4.98 Å². The van der Waals surface area contributed by atoms with Crippen LogP contribution in [0.25, 0.3) is 16.9 Å². The largest absolute Gasteiger partial charge is 0.259 e. The summed E-state index contributed by atoms with van der Waals surface area (Å²) in [5.74, 6) is -0.417. The lowest BCUT2D eigenvalue weighted by molar-refractivity contribution is 0.618. The highest BCUT2D eigenvalue weighted by atomic mass is 19.1. The van der Waals surface area contributed by atoms with Gasteiger partial charge < -0.3 is 0 Å². The second kappa shape index (κ2) is 4.90. The second-order valence-electron chi connectivity index (χ2n) is 4.05. The average Bonchev–Trinajstić information content (AvgIpc) is 2.97. The van der Waals surface area contributed by atoms with Crippen LogP contribution in [0.5, 0.6) is 0 Å². The Kier molecular flexibility index (Phi) is 2.94. The molecule has 0 aromatic carbocycles. The molecule has 0 spiro atoms. The molecular weight excluding hydrogens is 257 g/mol. The molecular formula is C14H8FN5. The van der Waals surface area contributed by atoms with E-state index in [1.807, 2.05) is 6.07 Å². The molecule has 0 radical (unpaired) electrons. The molecule has 0 atom stereocenters. The summed E-state index contributed by atoms with van der Waals surface area (Å²) in [6.07, 6.45) is 5.95. The molecule has 96 valence electrons. The highest BCUT2D eigenvalue weighted by molar-refractivity contribution is 5.58. The molecule has 0 amide bonds. The average molecular weight is 265 g/mol. The van der Waals surface area contributed by atoms with Gasteiger partial charge in [-0.05, 0) is 18.2 Å². The normalized spacial score (nSPS) is 10.2. The van der Waals surface area contributed by atoms with Crippen molar-refractivity contribution in [1.29, 1.82) is 5.26 Å². The molecule has 0 aliphatic rings. The summed E-state index contributed by atoms with van der Waals surface area (Å²) < 4.78 is 14.7. The topological polar surface area (TPSA) is 67.4 Å². The van der Waals surface area contributed by atoms with Crippen LogP contribution in [0.2, 0.25) is 0 Å². The molecule has 0 saturated carbocycles. The number of aromatic nitrogens is 4. The van der Waals surface area contributed by atoms with E-state index >= 15 is 0 Å². The minimum absolute atomic E-state index is 0.350. The first kappa shape index (κ1) is 12.0. The van der Waals surface area contributed by atoms with Gasteiger partial charge in [-0.25, -0.2) is 14.1 Å². The number of nitriles is 1. The van der Waals surface area contributed by atoms with Gasteiger partial charge in [0.15, 0.2) is 0 Å². The Morgan fingerprint density at radius 1 is 1.15 bits per heavy atom. The van der Waals surface area contributed by atoms with Gasteiger partial charge in [0.25, 0.3) is 0 Å². The van der Waals surface area contributed by atoms with E-state index in [-0.39, 0.29) is 0 Å². The molecule has 0 bridgehead atoms. The fourth-order valence-electron chi connectivity index (χ4n) is 1.76. The summed E-state index contributed by atoms with van der Waals surface area (Å²) >= 11 is 0. The van der Waals surface area contributed by atoms with Gasteiger partial charge in [0.05, 0.1) is 23.8 Å². The van der Waals surface area contributed by atoms with Crippen molar-refractivity contribution < 1.29 is 4.39 Å². The lowest BCUT2D eigenvalue weighted by Crippen LogP contribution is -1.96. The Hall–Kier alpha value is -3.07. The van der Waals surface area contributed by atoms with E-state index in [1.165, 1.54) is 16.9 Å². The molecule has 0 aliphatic heterocycles. The molecule has 0 aliphatic carbocycles. The third-order valence-electron chi connectivity index (χ3n) is 2.72. The maximum Gasteiger partial charge on any atom is 0.143 e. The van der Waals surface area contributed by atoms with Crippen LogP contribution in [0.4, 0.5) is 4.39 Å². The van der Waals surface area contributed by atoms with E-state index in [1.54, 1.807) is 30.6 Å². The molecule has 3 aromatic rings. The monoisotopic (exact) mass is 265 g/mol. The second-order valence-corrected chi connectivity index (χ2v) is 4.05. The fraction of sp³-hybridized carbons (Fsp3) is 0. The number of rotatable bonds is 2. The molecule has 0 fully saturated rings. The van der Waals surface area contributed by atoms with Gasteiger partial charge in [-0.1, -0.05) is 0 Å². The van der Waals surface area contributed by atoms with Crippen molar-refractivity contribution in [2.24, 2.45) is 0 Å². The first-order valence-electron chi connectivity index (χ1n) is 5.79. The highest BCUT2D eigenvalue weighted by Crippen LogP contribution is 2.17. The lowest BCUT2D eigenvalue weighted by Gasteiger charge is -2.00. The lowest BCUT2D eigenvalue weighted by atomic mass is 10.2. The minimum atomic E-state index is -0.417. The van der Waals surface area contributed by atoms with Gasteiger partial charge in [0, 0.05) is 24.0 Å². The third kappa shape index (κ3) is 2.24. The number of pyridine rings is 2. The van der Waals surface area contributed by atoms with Crippen molar-refractivity contribution in [2.75, 3.05) is 0 Å². The Morgan fingerprint density at radius 2 is 2.05 bits per heavy atom. The molecule has 5 nitrogen and oxygen atoms in total. The predicted octanol–water partition coefficient (Wildman–Crippen LogP) is 2.34. The van der Waals surface area contributed by atoms with Crippen LogP contribution in [0.3, 0.4) is 0 Å². The predicted molar refractivity (Wildman–Crippen MR) is 69.3 cm³/mol. The van der Waals surface area contributed by atoms with Crippen molar-refractivity contribution in [3.8, 4) is 23.0 Å². The van der Waals surface area contributed by atoms with Crippen LogP contribution in [0, 0.1) is 17.1 Å².